The molecule has 0 radical (unpaired) electrons. The zero-order valence-electron chi connectivity index (χ0n) is 14.5. The van der Waals surface area contributed by atoms with Gasteiger partial charge in [0.25, 0.3) is 5.91 Å². The molecule has 134 valence electrons. The molecule has 1 N–H and O–H groups in total. The fourth-order valence-electron chi connectivity index (χ4n) is 2.32. The first-order valence-corrected chi connectivity index (χ1v) is 8.00. The van der Waals surface area contributed by atoms with Gasteiger partial charge in [0.05, 0.1) is 26.0 Å². The van der Waals surface area contributed by atoms with Crippen LogP contribution in [-0.4, -0.2) is 46.5 Å². The Kier molecular flexibility index (Phi) is 5.55. The number of anilines is 1. The zero-order chi connectivity index (χ0) is 18.4. The van der Waals surface area contributed by atoms with Gasteiger partial charge in [0.15, 0.2) is 5.69 Å². The molecule has 0 fully saturated rings. The minimum Gasteiger partial charge on any atom is -0.497 e. The summed E-state index contributed by atoms with van der Waals surface area (Å²) in [6.07, 6.45) is 3.14. The van der Waals surface area contributed by atoms with Crippen molar-refractivity contribution in [2.45, 2.75) is 6.54 Å². The lowest BCUT2D eigenvalue weighted by Crippen LogP contribution is -2.15. The number of methoxy groups -OCH3 is 2. The Hall–Kier alpha value is -3.26. The Morgan fingerprint density at radius 1 is 1.15 bits per heavy atom. The first-order valence-electron chi connectivity index (χ1n) is 8.00. The predicted molar refractivity (Wildman–Crippen MR) is 96.1 cm³/mol. The first-order chi connectivity index (χ1) is 12.7. The molecule has 1 amide bonds. The summed E-state index contributed by atoms with van der Waals surface area (Å²) in [7, 11) is 3.23. The van der Waals surface area contributed by atoms with Gasteiger partial charge in [0.2, 0.25) is 0 Å². The molecule has 0 aliphatic heterocycles. The average Bonchev–Trinajstić information content (AvgIpc) is 3.16. The van der Waals surface area contributed by atoms with Gasteiger partial charge >= 0.3 is 0 Å². The number of nitrogens with zero attached hydrogens (tertiary/aromatic N) is 4. The number of benzene rings is 1. The summed E-state index contributed by atoms with van der Waals surface area (Å²) in [6, 6.07) is 10.8. The van der Waals surface area contributed by atoms with Crippen LogP contribution in [-0.2, 0) is 11.3 Å². The normalized spacial score (nSPS) is 10.5. The van der Waals surface area contributed by atoms with Crippen LogP contribution in [0.5, 0.6) is 5.75 Å². The number of nitrogens with one attached hydrogen (secondary N) is 1. The lowest BCUT2D eigenvalue weighted by molar-refractivity contribution is 0.102. The van der Waals surface area contributed by atoms with Gasteiger partial charge in [-0.1, -0.05) is 0 Å². The summed E-state index contributed by atoms with van der Waals surface area (Å²) in [5.74, 6) is 0.836. The Morgan fingerprint density at radius 2 is 1.96 bits per heavy atom. The van der Waals surface area contributed by atoms with Crippen LogP contribution in [0.15, 0.2) is 48.9 Å². The lowest BCUT2D eigenvalue weighted by atomic mass is 10.1. The Bertz CT molecular complexity index is 877. The van der Waals surface area contributed by atoms with E-state index in [4.69, 9.17) is 9.47 Å². The van der Waals surface area contributed by atoms with Crippen LogP contribution in [0.25, 0.3) is 11.3 Å². The highest BCUT2D eigenvalue weighted by Crippen LogP contribution is 2.21. The van der Waals surface area contributed by atoms with Gasteiger partial charge in [-0.15, -0.1) is 0 Å². The third-order valence-electron chi connectivity index (χ3n) is 3.69. The van der Waals surface area contributed by atoms with E-state index in [1.54, 1.807) is 37.2 Å². The van der Waals surface area contributed by atoms with Gasteiger partial charge in [-0.05, 0) is 30.3 Å². The molecule has 8 heteroatoms. The zero-order valence-corrected chi connectivity index (χ0v) is 14.5. The van der Waals surface area contributed by atoms with E-state index in [-0.39, 0.29) is 5.91 Å². The second-order valence-corrected chi connectivity index (χ2v) is 5.43. The van der Waals surface area contributed by atoms with Crippen molar-refractivity contribution in [3.05, 3.63) is 54.6 Å². The third-order valence-corrected chi connectivity index (χ3v) is 3.69. The average molecular weight is 353 g/mol. The third kappa shape index (κ3) is 4.22. The SMILES string of the molecule is COCCn1ccc(C(=O)Nc2cc(-c3ccc(OC)cc3)ncn2)n1. The predicted octanol–water partition coefficient (Wildman–Crippen LogP) is 2.25. The number of ether oxygens (including phenoxy) is 2. The van der Waals surface area contributed by atoms with Gasteiger partial charge in [-0.3, -0.25) is 9.48 Å². The monoisotopic (exact) mass is 353 g/mol. The summed E-state index contributed by atoms with van der Waals surface area (Å²) in [6.45, 7) is 1.11. The number of hydrogen-bond acceptors (Lipinski definition) is 6. The van der Waals surface area contributed by atoms with Gasteiger partial charge in [0.1, 0.15) is 17.9 Å². The van der Waals surface area contributed by atoms with Crippen molar-refractivity contribution in [2.24, 2.45) is 0 Å². The van der Waals surface area contributed by atoms with E-state index in [9.17, 15) is 4.79 Å². The molecule has 0 bridgehead atoms. The van der Waals surface area contributed by atoms with E-state index in [2.05, 4.69) is 20.4 Å². The van der Waals surface area contributed by atoms with Gasteiger partial charge in [0, 0.05) is 24.9 Å². The molecule has 0 saturated heterocycles. The molecule has 0 atom stereocenters. The highest BCUT2D eigenvalue weighted by atomic mass is 16.5. The fraction of sp³-hybridized carbons (Fsp3) is 0.222. The molecule has 26 heavy (non-hydrogen) atoms. The molecule has 2 heterocycles. The number of carbonyl (C=O) groups excluding carboxylic acids is 1. The molecule has 1 aromatic carbocycles. The fourth-order valence-corrected chi connectivity index (χ4v) is 2.32. The van der Waals surface area contributed by atoms with Crippen LogP contribution in [0.3, 0.4) is 0 Å². The van der Waals surface area contributed by atoms with Crippen LogP contribution in [0.2, 0.25) is 0 Å². The first kappa shape index (κ1) is 17.6. The second kappa shape index (κ2) is 8.21. The van der Waals surface area contributed by atoms with Gasteiger partial charge < -0.3 is 14.8 Å². The second-order valence-electron chi connectivity index (χ2n) is 5.43. The topological polar surface area (TPSA) is 91.2 Å². The van der Waals surface area contributed by atoms with Crippen LogP contribution in [0, 0.1) is 0 Å². The largest absolute Gasteiger partial charge is 0.497 e. The van der Waals surface area contributed by atoms with Crippen LogP contribution in [0.1, 0.15) is 10.5 Å². The van der Waals surface area contributed by atoms with E-state index < -0.39 is 0 Å². The molecule has 0 spiro atoms. The molecule has 3 aromatic rings. The van der Waals surface area contributed by atoms with Crippen LogP contribution >= 0.6 is 0 Å². The smallest absolute Gasteiger partial charge is 0.277 e. The Balaban J connectivity index is 1.71. The van der Waals surface area contributed by atoms with E-state index in [1.165, 1.54) is 6.33 Å². The maximum atomic E-state index is 12.3. The van der Waals surface area contributed by atoms with E-state index in [0.29, 0.717) is 30.4 Å². The molecule has 3 rings (SSSR count). The molecule has 0 unspecified atom stereocenters. The summed E-state index contributed by atoms with van der Waals surface area (Å²) in [4.78, 5) is 20.7. The van der Waals surface area contributed by atoms with Gasteiger partial charge in [-0.25, -0.2) is 9.97 Å². The molecule has 0 aliphatic carbocycles. The number of carbonyl (C=O) groups is 1. The maximum Gasteiger partial charge on any atom is 0.277 e. The van der Waals surface area contributed by atoms with Crippen LogP contribution in [0.4, 0.5) is 5.82 Å². The summed E-state index contributed by atoms with van der Waals surface area (Å²) < 4.78 is 11.8. The minimum atomic E-state index is -0.333. The molecule has 0 aliphatic rings. The molecular weight excluding hydrogens is 334 g/mol. The van der Waals surface area contributed by atoms with E-state index in [1.807, 2.05) is 24.3 Å². The molecular formula is C18H19N5O3. The number of hydrogen-bond donors (Lipinski definition) is 1. The summed E-state index contributed by atoms with van der Waals surface area (Å²) >= 11 is 0. The van der Waals surface area contributed by atoms with Crippen molar-refractivity contribution < 1.29 is 14.3 Å². The lowest BCUT2D eigenvalue weighted by Gasteiger charge is -2.06. The Labute approximate surface area is 150 Å². The molecule has 8 nitrogen and oxygen atoms in total. The standard InChI is InChI=1S/C18H19N5O3/c1-25-10-9-23-8-7-15(22-23)18(24)21-17-11-16(19-12-20-17)13-3-5-14(26-2)6-4-13/h3-8,11-12H,9-10H2,1-2H3,(H,19,20,21,24). The van der Waals surface area contributed by atoms with Crippen molar-refractivity contribution in [2.75, 3.05) is 26.1 Å². The van der Waals surface area contributed by atoms with Crippen molar-refractivity contribution in [1.82, 2.24) is 19.7 Å². The summed E-state index contributed by atoms with van der Waals surface area (Å²) in [5, 5.41) is 6.95. The van der Waals surface area contributed by atoms with Crippen molar-refractivity contribution in [3.63, 3.8) is 0 Å². The maximum absolute atomic E-state index is 12.3. The number of amides is 1. The van der Waals surface area contributed by atoms with E-state index >= 15 is 0 Å². The number of rotatable bonds is 7. The van der Waals surface area contributed by atoms with E-state index in [0.717, 1.165) is 11.3 Å². The highest BCUT2D eigenvalue weighted by Gasteiger charge is 2.11. The van der Waals surface area contributed by atoms with Crippen molar-refractivity contribution in [1.29, 1.82) is 0 Å². The Morgan fingerprint density at radius 3 is 2.69 bits per heavy atom. The molecule has 2 aromatic heterocycles. The van der Waals surface area contributed by atoms with Gasteiger partial charge in [-0.2, -0.15) is 5.10 Å². The minimum absolute atomic E-state index is 0.311. The van der Waals surface area contributed by atoms with Crippen molar-refractivity contribution in [3.8, 4) is 17.0 Å². The molecule has 0 saturated carbocycles. The number of aromatic nitrogens is 4. The highest BCUT2D eigenvalue weighted by molar-refractivity contribution is 6.02. The van der Waals surface area contributed by atoms with Crippen LogP contribution < -0.4 is 10.1 Å². The quantitative estimate of drug-likeness (QED) is 0.700. The van der Waals surface area contributed by atoms with Crippen molar-refractivity contribution >= 4 is 11.7 Å². The summed E-state index contributed by atoms with van der Waals surface area (Å²) in [5.41, 5.74) is 1.90.